The van der Waals surface area contributed by atoms with Crippen LogP contribution in [-0.2, 0) is 14.3 Å². The zero-order chi connectivity index (χ0) is 17.5. The van der Waals surface area contributed by atoms with E-state index in [4.69, 9.17) is 0 Å². The molecule has 4 atom stereocenters. The van der Waals surface area contributed by atoms with Gasteiger partial charge in [-0.25, -0.2) is 0 Å². The number of hydrogen-bond donors (Lipinski definition) is 2. The van der Waals surface area contributed by atoms with E-state index in [1.165, 1.54) is 7.11 Å². The number of Topliss-reactive ketones (excluding diaryl/α,β-unsaturated/α-hetero) is 1. The van der Waals surface area contributed by atoms with Gasteiger partial charge in [-0.2, -0.15) is 0 Å². The predicted octanol–water partition coefficient (Wildman–Crippen LogP) is 2.54. The van der Waals surface area contributed by atoms with Gasteiger partial charge in [-0.1, -0.05) is 30.9 Å². The van der Waals surface area contributed by atoms with Gasteiger partial charge < -0.3 is 14.9 Å². The summed E-state index contributed by atoms with van der Waals surface area (Å²) in [6.07, 6.45) is 8.54. The second-order valence-electron chi connectivity index (χ2n) is 7.10. The van der Waals surface area contributed by atoms with Gasteiger partial charge in [0, 0.05) is 24.7 Å². The highest BCUT2D eigenvalue weighted by molar-refractivity contribution is 5.85. The van der Waals surface area contributed by atoms with Crippen LogP contribution >= 0.6 is 0 Å². The molecule has 0 aliphatic heterocycles. The van der Waals surface area contributed by atoms with Crippen molar-refractivity contribution in [3.05, 3.63) is 11.6 Å². The first-order valence-electron chi connectivity index (χ1n) is 9.19. The fraction of sp³-hybridized carbons (Fsp3) is 0.789. The maximum Gasteiger partial charge on any atom is 0.305 e. The van der Waals surface area contributed by atoms with E-state index < -0.39 is 12.2 Å². The molecule has 0 bridgehead atoms. The average molecular weight is 338 g/mol. The molecule has 0 aromatic heterocycles. The van der Waals surface area contributed by atoms with Gasteiger partial charge in [-0.15, -0.1) is 0 Å². The van der Waals surface area contributed by atoms with Crippen molar-refractivity contribution in [3.63, 3.8) is 0 Å². The summed E-state index contributed by atoms with van der Waals surface area (Å²) in [5.74, 6) is -0.241. The Morgan fingerprint density at radius 3 is 2.71 bits per heavy atom. The Morgan fingerprint density at radius 2 is 2.00 bits per heavy atom. The summed E-state index contributed by atoms with van der Waals surface area (Å²) in [5, 5.41) is 20.1. The van der Waals surface area contributed by atoms with Crippen molar-refractivity contribution < 1.29 is 24.5 Å². The van der Waals surface area contributed by atoms with Crippen molar-refractivity contribution in [3.8, 4) is 0 Å². The van der Waals surface area contributed by atoms with Crippen LogP contribution in [0.4, 0.5) is 0 Å². The number of carbonyl (C=O) groups excluding carboxylic acids is 2. The van der Waals surface area contributed by atoms with Gasteiger partial charge in [0.1, 0.15) is 5.78 Å². The molecule has 2 aliphatic carbocycles. The number of aliphatic hydroxyl groups is 2. The highest BCUT2D eigenvalue weighted by Crippen LogP contribution is 2.41. The predicted molar refractivity (Wildman–Crippen MR) is 90.3 cm³/mol. The van der Waals surface area contributed by atoms with Crippen LogP contribution in [-0.4, -0.2) is 41.3 Å². The van der Waals surface area contributed by atoms with Crippen LogP contribution in [0.2, 0.25) is 0 Å². The summed E-state index contributed by atoms with van der Waals surface area (Å²) >= 11 is 0. The summed E-state index contributed by atoms with van der Waals surface area (Å²) in [4.78, 5) is 23.3. The van der Waals surface area contributed by atoms with Gasteiger partial charge in [-0.3, -0.25) is 9.59 Å². The van der Waals surface area contributed by atoms with Gasteiger partial charge in [0.15, 0.2) is 0 Å². The molecule has 2 rings (SSSR count). The molecule has 5 heteroatoms. The standard InChI is InChI=1S/C19H30O5/c1-24-18(23)10-5-3-2-4-9-15-16(21)12-17(22)19(15)13-7-6-8-14(20)11-13/h11,14-15,17,19-20,22H,2-10,12H2,1H3. The van der Waals surface area contributed by atoms with Gasteiger partial charge >= 0.3 is 5.97 Å². The first kappa shape index (κ1) is 19.1. The number of rotatable bonds is 8. The van der Waals surface area contributed by atoms with Crippen LogP contribution in [0.3, 0.4) is 0 Å². The zero-order valence-corrected chi connectivity index (χ0v) is 14.6. The minimum atomic E-state index is -0.599. The quantitative estimate of drug-likeness (QED) is 0.404. The molecule has 24 heavy (non-hydrogen) atoms. The number of esters is 1. The number of methoxy groups -OCH3 is 1. The molecule has 0 heterocycles. The Labute approximate surface area is 144 Å². The molecule has 4 unspecified atom stereocenters. The lowest BCUT2D eigenvalue weighted by molar-refractivity contribution is -0.140. The molecule has 1 fully saturated rings. The summed E-state index contributed by atoms with van der Waals surface area (Å²) in [6, 6.07) is 0. The molecule has 0 saturated heterocycles. The van der Waals surface area contributed by atoms with E-state index in [9.17, 15) is 19.8 Å². The van der Waals surface area contributed by atoms with Gasteiger partial charge in [-0.05, 0) is 32.1 Å². The summed E-state index contributed by atoms with van der Waals surface area (Å²) in [6.45, 7) is 0. The van der Waals surface area contributed by atoms with Crippen LogP contribution in [0, 0.1) is 11.8 Å². The van der Waals surface area contributed by atoms with Crippen LogP contribution in [0.15, 0.2) is 11.6 Å². The smallest absolute Gasteiger partial charge is 0.305 e. The normalized spacial score (nSPS) is 30.3. The van der Waals surface area contributed by atoms with E-state index in [0.717, 1.165) is 56.9 Å². The minimum absolute atomic E-state index is 0.109. The first-order valence-corrected chi connectivity index (χ1v) is 9.19. The molecule has 0 radical (unpaired) electrons. The van der Waals surface area contributed by atoms with Crippen molar-refractivity contribution >= 4 is 11.8 Å². The molecular formula is C19H30O5. The van der Waals surface area contributed by atoms with Gasteiger partial charge in [0.05, 0.1) is 19.3 Å². The average Bonchev–Trinajstić information content (AvgIpc) is 2.84. The van der Waals surface area contributed by atoms with Gasteiger partial charge in [0.25, 0.3) is 0 Å². The number of ketones is 1. The van der Waals surface area contributed by atoms with Crippen molar-refractivity contribution in [1.82, 2.24) is 0 Å². The van der Waals surface area contributed by atoms with E-state index in [0.29, 0.717) is 6.42 Å². The van der Waals surface area contributed by atoms with Crippen molar-refractivity contribution in [2.45, 2.75) is 76.4 Å². The number of hydrogen-bond acceptors (Lipinski definition) is 5. The van der Waals surface area contributed by atoms with Crippen molar-refractivity contribution in [2.75, 3.05) is 7.11 Å². The fourth-order valence-electron chi connectivity index (χ4n) is 4.10. The number of unbranched alkanes of at least 4 members (excludes halogenated alkanes) is 3. The maximum absolute atomic E-state index is 12.3. The molecule has 2 N–H and O–H groups in total. The number of ether oxygens (including phenoxy) is 1. The third-order valence-electron chi connectivity index (χ3n) is 5.35. The van der Waals surface area contributed by atoms with Crippen LogP contribution in [0.5, 0.6) is 0 Å². The second-order valence-corrected chi connectivity index (χ2v) is 7.10. The van der Waals surface area contributed by atoms with Crippen LogP contribution in [0.25, 0.3) is 0 Å². The molecule has 0 spiro atoms. The van der Waals surface area contributed by atoms with E-state index in [2.05, 4.69) is 4.74 Å². The Hall–Kier alpha value is -1.20. The van der Waals surface area contributed by atoms with Crippen LogP contribution < -0.4 is 0 Å². The Kier molecular flexibility index (Phi) is 7.43. The molecular weight excluding hydrogens is 308 g/mol. The molecule has 2 aliphatic rings. The van der Waals surface area contributed by atoms with Gasteiger partial charge in [0.2, 0.25) is 0 Å². The Bertz CT molecular complexity index is 470. The molecule has 1 saturated carbocycles. The van der Waals surface area contributed by atoms with Crippen LogP contribution in [0.1, 0.15) is 64.2 Å². The highest BCUT2D eigenvalue weighted by Gasteiger charge is 2.43. The Balaban J connectivity index is 1.81. The third-order valence-corrected chi connectivity index (χ3v) is 5.35. The van der Waals surface area contributed by atoms with Crippen molar-refractivity contribution in [2.24, 2.45) is 11.8 Å². The SMILES string of the molecule is COC(=O)CCCCCCC1C(=O)CC(O)C1C1=CC(O)CCC1. The molecule has 5 nitrogen and oxygen atoms in total. The lowest BCUT2D eigenvalue weighted by Crippen LogP contribution is -2.26. The molecule has 0 aromatic rings. The van der Waals surface area contributed by atoms with E-state index in [1.807, 2.05) is 6.08 Å². The maximum atomic E-state index is 12.3. The summed E-state index contributed by atoms with van der Waals surface area (Å²) in [7, 11) is 1.40. The highest BCUT2D eigenvalue weighted by atomic mass is 16.5. The fourth-order valence-corrected chi connectivity index (χ4v) is 4.10. The number of aliphatic hydroxyl groups excluding tert-OH is 2. The lowest BCUT2D eigenvalue weighted by Gasteiger charge is -2.28. The lowest BCUT2D eigenvalue weighted by atomic mass is 9.79. The monoisotopic (exact) mass is 338 g/mol. The van der Waals surface area contributed by atoms with E-state index in [-0.39, 0.29) is 30.0 Å². The topological polar surface area (TPSA) is 83.8 Å². The third kappa shape index (κ3) is 5.15. The molecule has 0 amide bonds. The largest absolute Gasteiger partial charge is 0.469 e. The summed E-state index contributed by atoms with van der Waals surface area (Å²) < 4.78 is 4.62. The van der Waals surface area contributed by atoms with E-state index in [1.54, 1.807) is 0 Å². The number of carbonyl (C=O) groups is 2. The zero-order valence-electron chi connectivity index (χ0n) is 14.6. The molecule has 136 valence electrons. The second kappa shape index (κ2) is 9.33. The molecule has 0 aromatic carbocycles. The van der Waals surface area contributed by atoms with Crippen molar-refractivity contribution in [1.29, 1.82) is 0 Å². The summed E-state index contributed by atoms with van der Waals surface area (Å²) in [5.41, 5.74) is 1.07. The first-order chi connectivity index (χ1) is 11.5. The van der Waals surface area contributed by atoms with E-state index >= 15 is 0 Å². The Morgan fingerprint density at radius 1 is 1.25 bits per heavy atom. The minimum Gasteiger partial charge on any atom is -0.469 e.